The Kier molecular flexibility index (Phi) is 4.10. The summed E-state index contributed by atoms with van der Waals surface area (Å²) >= 11 is 0. The zero-order valence-corrected chi connectivity index (χ0v) is 11.4. The lowest BCUT2D eigenvalue weighted by Gasteiger charge is -2.25. The van der Waals surface area contributed by atoms with Crippen LogP contribution in [-0.4, -0.2) is 58.7 Å². The average Bonchev–Trinajstić information content (AvgIpc) is 3.20. The topological polar surface area (TPSA) is 98.3 Å². The van der Waals surface area contributed by atoms with E-state index in [1.54, 1.807) is 17.1 Å². The van der Waals surface area contributed by atoms with E-state index in [9.17, 15) is 4.79 Å². The van der Waals surface area contributed by atoms with Crippen molar-refractivity contribution in [3.8, 4) is 0 Å². The number of nitrogens with one attached hydrogen (secondary N) is 1. The zero-order chi connectivity index (χ0) is 14.5. The lowest BCUT2D eigenvalue weighted by atomic mass is 10.3. The van der Waals surface area contributed by atoms with Crippen molar-refractivity contribution in [3.05, 3.63) is 24.4 Å². The summed E-state index contributed by atoms with van der Waals surface area (Å²) in [7, 11) is 0. The minimum absolute atomic E-state index is 0.265. The molecule has 9 nitrogen and oxygen atoms in total. The van der Waals surface area contributed by atoms with Gasteiger partial charge in [0.15, 0.2) is 5.69 Å². The fraction of sp³-hybridized carbons (Fsp3) is 0.500. The minimum Gasteiger partial charge on any atom is -0.378 e. The summed E-state index contributed by atoms with van der Waals surface area (Å²) in [6, 6.07) is 1.65. The molecule has 1 amide bonds. The highest BCUT2D eigenvalue weighted by atomic mass is 16.5. The van der Waals surface area contributed by atoms with Crippen LogP contribution in [0.1, 0.15) is 10.5 Å². The monoisotopic (exact) mass is 292 g/mol. The van der Waals surface area contributed by atoms with Gasteiger partial charge in [0.05, 0.1) is 19.8 Å². The van der Waals surface area contributed by atoms with Crippen LogP contribution >= 0.6 is 0 Å². The number of carbonyl (C=O) groups is 1. The van der Waals surface area contributed by atoms with Gasteiger partial charge in [0.2, 0.25) is 5.88 Å². The zero-order valence-electron chi connectivity index (χ0n) is 11.4. The van der Waals surface area contributed by atoms with Crippen LogP contribution in [0.2, 0.25) is 0 Å². The molecular weight excluding hydrogens is 276 g/mol. The molecule has 1 saturated heterocycles. The SMILES string of the molecule is O=C(NCCn1cncn1)c1cc(N2CCOCC2)on1. The van der Waals surface area contributed by atoms with E-state index in [1.165, 1.54) is 6.33 Å². The van der Waals surface area contributed by atoms with E-state index >= 15 is 0 Å². The van der Waals surface area contributed by atoms with Crippen LogP contribution in [0.5, 0.6) is 0 Å². The first-order valence-electron chi connectivity index (χ1n) is 6.73. The molecule has 0 saturated carbocycles. The molecule has 1 aliphatic heterocycles. The number of ether oxygens (including phenoxy) is 1. The Labute approximate surface area is 120 Å². The molecule has 0 aliphatic carbocycles. The third-order valence-corrected chi connectivity index (χ3v) is 3.15. The summed E-state index contributed by atoms with van der Waals surface area (Å²) in [5.41, 5.74) is 0.273. The molecule has 0 spiro atoms. The molecule has 1 N–H and O–H groups in total. The third kappa shape index (κ3) is 3.37. The molecule has 0 radical (unpaired) electrons. The van der Waals surface area contributed by atoms with Gasteiger partial charge in [-0.2, -0.15) is 5.10 Å². The molecule has 21 heavy (non-hydrogen) atoms. The molecule has 2 aromatic rings. The summed E-state index contributed by atoms with van der Waals surface area (Å²) in [4.78, 5) is 17.8. The standard InChI is InChI=1S/C12H16N6O3/c19-12(14-1-2-18-9-13-8-15-18)10-7-11(21-16-10)17-3-5-20-6-4-17/h7-9H,1-6H2,(H,14,19). The number of carbonyl (C=O) groups excluding carboxylic acids is 1. The van der Waals surface area contributed by atoms with Crippen LogP contribution in [0.25, 0.3) is 0 Å². The van der Waals surface area contributed by atoms with Gasteiger partial charge in [0.1, 0.15) is 12.7 Å². The van der Waals surface area contributed by atoms with Gasteiger partial charge in [-0.05, 0) is 0 Å². The van der Waals surface area contributed by atoms with Crippen molar-refractivity contribution < 1.29 is 14.1 Å². The second-order valence-electron chi connectivity index (χ2n) is 4.56. The predicted octanol–water partition coefficient (Wildman–Crippen LogP) is -0.467. The minimum atomic E-state index is -0.265. The number of rotatable bonds is 5. The Hall–Kier alpha value is -2.42. The Bertz CT molecular complexity index is 576. The van der Waals surface area contributed by atoms with Gasteiger partial charge >= 0.3 is 0 Å². The van der Waals surface area contributed by atoms with E-state index in [0.717, 1.165) is 13.1 Å². The molecule has 112 valence electrons. The Morgan fingerprint density at radius 2 is 2.24 bits per heavy atom. The van der Waals surface area contributed by atoms with E-state index in [2.05, 4.69) is 20.6 Å². The summed E-state index contributed by atoms with van der Waals surface area (Å²) in [5.74, 6) is 0.332. The molecule has 3 heterocycles. The lowest BCUT2D eigenvalue weighted by Crippen LogP contribution is -2.35. The largest absolute Gasteiger partial charge is 0.378 e. The number of morpholine rings is 1. The van der Waals surface area contributed by atoms with Crippen LogP contribution in [0.3, 0.4) is 0 Å². The van der Waals surface area contributed by atoms with Crippen LogP contribution in [0.15, 0.2) is 23.2 Å². The lowest BCUT2D eigenvalue weighted by molar-refractivity contribution is 0.0942. The number of amides is 1. The molecule has 1 aliphatic rings. The van der Waals surface area contributed by atoms with Crippen molar-refractivity contribution in [2.75, 3.05) is 37.7 Å². The van der Waals surface area contributed by atoms with Crippen molar-refractivity contribution in [1.29, 1.82) is 0 Å². The van der Waals surface area contributed by atoms with Gasteiger partial charge in [-0.1, -0.05) is 5.16 Å². The van der Waals surface area contributed by atoms with Gasteiger partial charge in [0.25, 0.3) is 5.91 Å². The predicted molar refractivity (Wildman–Crippen MR) is 71.9 cm³/mol. The highest BCUT2D eigenvalue weighted by Gasteiger charge is 2.18. The molecule has 0 aromatic carbocycles. The summed E-state index contributed by atoms with van der Waals surface area (Å²) in [6.45, 7) is 3.78. The quantitative estimate of drug-likeness (QED) is 0.795. The van der Waals surface area contributed by atoms with Crippen molar-refractivity contribution in [3.63, 3.8) is 0 Å². The van der Waals surface area contributed by atoms with Crippen LogP contribution < -0.4 is 10.2 Å². The maximum atomic E-state index is 11.9. The van der Waals surface area contributed by atoms with E-state index in [-0.39, 0.29) is 11.6 Å². The number of hydrogen-bond donors (Lipinski definition) is 1. The van der Waals surface area contributed by atoms with Crippen molar-refractivity contribution in [1.82, 2.24) is 25.2 Å². The first-order chi connectivity index (χ1) is 10.3. The first-order valence-corrected chi connectivity index (χ1v) is 6.73. The van der Waals surface area contributed by atoms with Crippen molar-refractivity contribution in [2.45, 2.75) is 6.54 Å². The Morgan fingerprint density at radius 3 is 3.00 bits per heavy atom. The van der Waals surface area contributed by atoms with Crippen molar-refractivity contribution in [2.24, 2.45) is 0 Å². The maximum absolute atomic E-state index is 11.9. The first kappa shape index (κ1) is 13.6. The van der Waals surface area contributed by atoms with Crippen LogP contribution in [0.4, 0.5) is 5.88 Å². The Morgan fingerprint density at radius 1 is 1.38 bits per heavy atom. The summed E-state index contributed by atoms with van der Waals surface area (Å²) in [6.07, 6.45) is 3.05. The highest BCUT2D eigenvalue weighted by Crippen LogP contribution is 2.16. The van der Waals surface area contributed by atoms with Gasteiger partial charge in [-0.3, -0.25) is 9.48 Å². The molecule has 0 unspecified atom stereocenters. The molecule has 0 atom stereocenters. The number of anilines is 1. The second kappa shape index (κ2) is 6.35. The number of nitrogens with zero attached hydrogens (tertiary/aromatic N) is 5. The normalized spacial score (nSPS) is 15.1. The molecule has 1 fully saturated rings. The van der Waals surface area contributed by atoms with Crippen molar-refractivity contribution >= 4 is 11.8 Å². The number of hydrogen-bond acceptors (Lipinski definition) is 7. The highest BCUT2D eigenvalue weighted by molar-refractivity contribution is 5.92. The van der Waals surface area contributed by atoms with E-state index < -0.39 is 0 Å². The molecule has 2 aromatic heterocycles. The fourth-order valence-electron chi connectivity index (χ4n) is 2.03. The molecule has 0 bridgehead atoms. The average molecular weight is 292 g/mol. The van der Waals surface area contributed by atoms with Gasteiger partial charge in [0, 0.05) is 25.7 Å². The number of aromatic nitrogens is 4. The molecular formula is C12H16N6O3. The Balaban J connectivity index is 1.51. The molecule has 3 rings (SSSR count). The van der Waals surface area contributed by atoms with Gasteiger partial charge in [-0.25, -0.2) is 4.98 Å². The smallest absolute Gasteiger partial charge is 0.273 e. The summed E-state index contributed by atoms with van der Waals surface area (Å²) in [5, 5.41) is 10.5. The van der Waals surface area contributed by atoms with Crippen LogP contribution in [-0.2, 0) is 11.3 Å². The fourth-order valence-corrected chi connectivity index (χ4v) is 2.03. The second-order valence-corrected chi connectivity index (χ2v) is 4.56. The maximum Gasteiger partial charge on any atom is 0.273 e. The van der Waals surface area contributed by atoms with E-state index in [4.69, 9.17) is 9.26 Å². The summed E-state index contributed by atoms with van der Waals surface area (Å²) < 4.78 is 12.1. The van der Waals surface area contributed by atoms with E-state index in [0.29, 0.717) is 32.2 Å². The third-order valence-electron chi connectivity index (χ3n) is 3.15. The van der Waals surface area contributed by atoms with Gasteiger partial charge < -0.3 is 19.5 Å². The van der Waals surface area contributed by atoms with Crippen LogP contribution in [0, 0.1) is 0 Å². The van der Waals surface area contributed by atoms with Gasteiger partial charge in [-0.15, -0.1) is 0 Å². The van der Waals surface area contributed by atoms with E-state index in [1.807, 2.05) is 4.90 Å². The molecule has 9 heteroatoms.